The van der Waals surface area contributed by atoms with E-state index in [-0.39, 0.29) is 6.10 Å². The first kappa shape index (κ1) is 11.1. The molecule has 3 aliphatic rings. The van der Waals surface area contributed by atoms with E-state index >= 15 is 0 Å². The SMILES string of the molecule is CC1C=C(N)C=C2C3=C(I)CC=CC=C3OC21. The molecule has 88 valence electrons. The highest BCUT2D eigenvalue weighted by molar-refractivity contribution is 14.1. The van der Waals surface area contributed by atoms with Gasteiger partial charge in [0.25, 0.3) is 0 Å². The molecular formula is C14H14INO. The lowest BCUT2D eigenvalue weighted by molar-refractivity contribution is 0.149. The fraction of sp³-hybridized carbons (Fsp3) is 0.286. The van der Waals surface area contributed by atoms with Crippen molar-refractivity contribution in [3.05, 3.63) is 56.6 Å². The molecule has 1 saturated heterocycles. The number of ether oxygens (including phenoxy) is 1. The van der Waals surface area contributed by atoms with E-state index in [0.717, 1.165) is 17.9 Å². The van der Waals surface area contributed by atoms with Crippen molar-refractivity contribution in [1.29, 1.82) is 0 Å². The monoisotopic (exact) mass is 339 g/mol. The summed E-state index contributed by atoms with van der Waals surface area (Å²) in [5.41, 5.74) is 9.31. The van der Waals surface area contributed by atoms with Crippen LogP contribution in [-0.4, -0.2) is 6.10 Å². The molecule has 2 aliphatic carbocycles. The van der Waals surface area contributed by atoms with Crippen LogP contribution in [0.1, 0.15) is 13.3 Å². The second kappa shape index (κ2) is 4.05. The van der Waals surface area contributed by atoms with Gasteiger partial charge in [0.2, 0.25) is 0 Å². The van der Waals surface area contributed by atoms with Crippen molar-refractivity contribution in [1.82, 2.24) is 0 Å². The average Bonchev–Trinajstić information content (AvgIpc) is 2.53. The van der Waals surface area contributed by atoms with E-state index in [0.29, 0.717) is 5.92 Å². The molecule has 0 spiro atoms. The minimum absolute atomic E-state index is 0.139. The van der Waals surface area contributed by atoms with Gasteiger partial charge in [-0.2, -0.15) is 0 Å². The molecule has 0 aromatic rings. The Morgan fingerprint density at radius 2 is 2.29 bits per heavy atom. The molecule has 2 atom stereocenters. The third-order valence-electron chi connectivity index (χ3n) is 3.30. The topological polar surface area (TPSA) is 35.2 Å². The Morgan fingerprint density at radius 1 is 1.47 bits per heavy atom. The minimum Gasteiger partial charge on any atom is -0.484 e. The van der Waals surface area contributed by atoms with Crippen molar-refractivity contribution in [2.75, 3.05) is 0 Å². The molecule has 1 aliphatic heterocycles. The van der Waals surface area contributed by atoms with Crippen LogP contribution in [0.25, 0.3) is 0 Å². The van der Waals surface area contributed by atoms with Gasteiger partial charge >= 0.3 is 0 Å². The number of fused-ring (bicyclic) bond motifs is 3. The highest BCUT2D eigenvalue weighted by atomic mass is 127. The number of rotatable bonds is 0. The zero-order chi connectivity index (χ0) is 12.0. The summed E-state index contributed by atoms with van der Waals surface area (Å²) in [5, 5.41) is 0. The molecule has 1 heterocycles. The van der Waals surface area contributed by atoms with E-state index in [1.807, 2.05) is 0 Å². The predicted molar refractivity (Wildman–Crippen MR) is 77.3 cm³/mol. The van der Waals surface area contributed by atoms with Crippen molar-refractivity contribution in [3.63, 3.8) is 0 Å². The van der Waals surface area contributed by atoms with Crippen molar-refractivity contribution in [3.8, 4) is 0 Å². The Bertz CT molecular complexity index is 522. The summed E-state index contributed by atoms with van der Waals surface area (Å²) in [5.74, 6) is 1.33. The molecule has 3 heteroatoms. The Kier molecular flexibility index (Phi) is 2.65. The maximum Gasteiger partial charge on any atom is 0.131 e. The molecule has 2 unspecified atom stereocenters. The molecule has 1 fully saturated rings. The van der Waals surface area contributed by atoms with Gasteiger partial charge in [0.1, 0.15) is 11.9 Å². The Balaban J connectivity index is 2.15. The number of halogens is 1. The molecule has 2 N–H and O–H groups in total. The second-order valence-corrected chi connectivity index (χ2v) is 5.91. The summed E-state index contributed by atoms with van der Waals surface area (Å²) in [6.07, 6.45) is 11.5. The van der Waals surface area contributed by atoms with Crippen molar-refractivity contribution in [2.24, 2.45) is 11.7 Å². The van der Waals surface area contributed by atoms with Crippen LogP contribution >= 0.6 is 22.6 Å². The van der Waals surface area contributed by atoms with Crippen LogP contribution in [0.15, 0.2) is 56.6 Å². The van der Waals surface area contributed by atoms with Gasteiger partial charge in [-0.3, -0.25) is 0 Å². The predicted octanol–water partition coefficient (Wildman–Crippen LogP) is 3.34. The van der Waals surface area contributed by atoms with Gasteiger partial charge in [0.15, 0.2) is 0 Å². The standard InChI is InChI=1S/C14H14INO/c1-8-6-9(16)7-10-13-11(15)4-2-3-5-12(13)17-14(8)10/h2-3,5-8,14H,4,16H2,1H3. The molecule has 0 radical (unpaired) electrons. The molecule has 0 saturated carbocycles. The van der Waals surface area contributed by atoms with Gasteiger partial charge in [-0.25, -0.2) is 0 Å². The lowest BCUT2D eigenvalue weighted by Crippen LogP contribution is -2.21. The van der Waals surface area contributed by atoms with Crippen molar-refractivity contribution >= 4 is 22.6 Å². The van der Waals surface area contributed by atoms with Crippen molar-refractivity contribution in [2.45, 2.75) is 19.4 Å². The van der Waals surface area contributed by atoms with E-state index in [9.17, 15) is 0 Å². The highest BCUT2D eigenvalue weighted by Gasteiger charge is 2.37. The van der Waals surface area contributed by atoms with E-state index < -0.39 is 0 Å². The summed E-state index contributed by atoms with van der Waals surface area (Å²) in [6.45, 7) is 2.15. The number of hydrogen-bond donors (Lipinski definition) is 1. The van der Waals surface area contributed by atoms with E-state index in [4.69, 9.17) is 10.5 Å². The Morgan fingerprint density at radius 3 is 3.12 bits per heavy atom. The lowest BCUT2D eigenvalue weighted by Gasteiger charge is -2.21. The first-order valence-corrected chi connectivity index (χ1v) is 6.86. The smallest absolute Gasteiger partial charge is 0.131 e. The molecular weight excluding hydrogens is 325 g/mol. The molecule has 0 amide bonds. The molecule has 2 nitrogen and oxygen atoms in total. The second-order valence-electron chi connectivity index (χ2n) is 4.61. The fourth-order valence-corrected chi connectivity index (χ4v) is 3.38. The molecule has 0 aromatic heterocycles. The van der Waals surface area contributed by atoms with Gasteiger partial charge in [0, 0.05) is 26.3 Å². The normalized spacial score (nSPS) is 30.8. The van der Waals surface area contributed by atoms with E-state index in [1.54, 1.807) is 0 Å². The molecule has 0 aromatic carbocycles. The van der Waals surface area contributed by atoms with Crippen LogP contribution in [0.3, 0.4) is 0 Å². The zero-order valence-corrected chi connectivity index (χ0v) is 11.8. The lowest BCUT2D eigenvalue weighted by atomic mass is 9.88. The van der Waals surface area contributed by atoms with E-state index in [1.165, 1.54) is 14.7 Å². The highest BCUT2D eigenvalue weighted by Crippen LogP contribution is 2.45. The molecule has 0 bridgehead atoms. The maximum atomic E-state index is 6.06. The maximum absolute atomic E-state index is 6.06. The van der Waals surface area contributed by atoms with Gasteiger partial charge in [-0.1, -0.05) is 25.2 Å². The summed E-state index contributed by atoms with van der Waals surface area (Å²) >= 11 is 2.41. The van der Waals surface area contributed by atoms with Gasteiger partial charge in [-0.05, 0) is 41.2 Å². The first-order valence-electron chi connectivity index (χ1n) is 5.78. The Hall–Kier alpha value is -0.970. The van der Waals surface area contributed by atoms with Crippen LogP contribution in [0.2, 0.25) is 0 Å². The first-order chi connectivity index (χ1) is 8.16. The quantitative estimate of drug-likeness (QED) is 0.687. The van der Waals surface area contributed by atoms with Crippen LogP contribution in [0.5, 0.6) is 0 Å². The number of nitrogens with two attached hydrogens (primary N) is 1. The zero-order valence-electron chi connectivity index (χ0n) is 9.61. The summed E-state index contributed by atoms with van der Waals surface area (Å²) in [7, 11) is 0. The van der Waals surface area contributed by atoms with Crippen LogP contribution < -0.4 is 5.73 Å². The van der Waals surface area contributed by atoms with Crippen molar-refractivity contribution < 1.29 is 4.74 Å². The third-order valence-corrected chi connectivity index (χ3v) is 4.28. The average molecular weight is 339 g/mol. The van der Waals surface area contributed by atoms with Crippen LogP contribution in [-0.2, 0) is 4.74 Å². The minimum atomic E-state index is 0.139. The summed E-state index contributed by atoms with van der Waals surface area (Å²) < 4.78 is 7.39. The van der Waals surface area contributed by atoms with Gasteiger partial charge < -0.3 is 10.5 Å². The number of hydrogen-bond acceptors (Lipinski definition) is 2. The fourth-order valence-electron chi connectivity index (χ4n) is 2.55. The van der Waals surface area contributed by atoms with Gasteiger partial charge in [0.05, 0.1) is 0 Å². The third kappa shape index (κ3) is 1.76. The molecule has 17 heavy (non-hydrogen) atoms. The summed E-state index contributed by atoms with van der Waals surface area (Å²) in [6, 6.07) is 0. The van der Waals surface area contributed by atoms with Crippen LogP contribution in [0, 0.1) is 5.92 Å². The van der Waals surface area contributed by atoms with E-state index in [2.05, 4.69) is 59.9 Å². The van der Waals surface area contributed by atoms with Gasteiger partial charge in [-0.15, -0.1) is 0 Å². The Labute approximate surface area is 115 Å². The van der Waals surface area contributed by atoms with Crippen LogP contribution in [0.4, 0.5) is 0 Å². The molecule has 3 rings (SSSR count). The summed E-state index contributed by atoms with van der Waals surface area (Å²) in [4.78, 5) is 0. The largest absolute Gasteiger partial charge is 0.484 e. The number of allylic oxidation sites excluding steroid dienone is 6.